The van der Waals surface area contributed by atoms with E-state index in [-0.39, 0.29) is 26.1 Å². The van der Waals surface area contributed by atoms with Crippen molar-refractivity contribution in [3.63, 3.8) is 0 Å². The summed E-state index contributed by atoms with van der Waals surface area (Å²) < 4.78 is 34.0. The zero-order valence-electron chi connectivity index (χ0n) is 41.2. The fraction of sp³-hybridized carbons (Fsp3) is 0.667. The molecule has 0 saturated carbocycles. The molecule has 0 fully saturated rings. The summed E-state index contributed by atoms with van der Waals surface area (Å²) in [6, 6.07) is 0. The van der Waals surface area contributed by atoms with Crippen LogP contribution in [0.2, 0.25) is 0 Å². The summed E-state index contributed by atoms with van der Waals surface area (Å²) in [5.41, 5.74) is 0. The number of phosphoric acid groups is 1. The number of allylic oxidation sites excluding steroid dienone is 16. The quantitative estimate of drug-likeness (QED) is 0.0195. The second-order valence-electron chi connectivity index (χ2n) is 17.4. The van der Waals surface area contributed by atoms with Crippen molar-refractivity contribution in [2.45, 2.75) is 187 Å². The molecular formula is C54H92NO8P. The van der Waals surface area contributed by atoms with Gasteiger partial charge in [0.1, 0.15) is 19.8 Å². The van der Waals surface area contributed by atoms with E-state index in [4.69, 9.17) is 18.5 Å². The van der Waals surface area contributed by atoms with Gasteiger partial charge in [0.15, 0.2) is 6.10 Å². The Morgan fingerprint density at radius 3 is 1.34 bits per heavy atom. The van der Waals surface area contributed by atoms with Crippen LogP contribution >= 0.6 is 7.82 Å². The second-order valence-corrected chi connectivity index (χ2v) is 18.9. The van der Waals surface area contributed by atoms with Gasteiger partial charge < -0.3 is 27.9 Å². The first-order valence-electron chi connectivity index (χ1n) is 24.9. The van der Waals surface area contributed by atoms with Gasteiger partial charge in [0.25, 0.3) is 7.82 Å². The van der Waals surface area contributed by atoms with E-state index in [0.29, 0.717) is 23.9 Å². The van der Waals surface area contributed by atoms with Crippen LogP contribution in [0.3, 0.4) is 0 Å². The number of likely N-dealkylation sites (N-methyl/N-ethyl adjacent to an activating group) is 1. The van der Waals surface area contributed by atoms with Crippen molar-refractivity contribution < 1.29 is 42.1 Å². The third-order valence-corrected chi connectivity index (χ3v) is 11.1. The highest BCUT2D eigenvalue weighted by atomic mass is 31.2. The van der Waals surface area contributed by atoms with Crippen molar-refractivity contribution in [1.82, 2.24) is 0 Å². The molecule has 0 aliphatic carbocycles. The molecular weight excluding hydrogens is 822 g/mol. The SMILES string of the molecule is CC/C=C\C/C=C\C/C=C\C/C=C\C/C=C\CCCCCC(=O)OC(COC(=O)CCCCCCCC/C=C\C/C=C\C/C=C\CCCCCCC)COP(=O)([O-])OCC[N+](C)(C)C. The molecule has 0 N–H and O–H groups in total. The lowest BCUT2D eigenvalue weighted by Crippen LogP contribution is -2.37. The number of ether oxygens (including phenoxy) is 2. The molecule has 0 aromatic rings. The zero-order valence-corrected chi connectivity index (χ0v) is 42.1. The van der Waals surface area contributed by atoms with E-state index in [1.54, 1.807) is 0 Å². The lowest BCUT2D eigenvalue weighted by molar-refractivity contribution is -0.870. The summed E-state index contributed by atoms with van der Waals surface area (Å²) in [5.74, 6) is -0.894. The average molecular weight is 914 g/mol. The summed E-state index contributed by atoms with van der Waals surface area (Å²) in [5, 5.41) is 0. The van der Waals surface area contributed by atoms with Crippen LogP contribution in [0.1, 0.15) is 181 Å². The minimum absolute atomic E-state index is 0.0456. The minimum atomic E-state index is -4.65. The van der Waals surface area contributed by atoms with Crippen molar-refractivity contribution in [2.24, 2.45) is 0 Å². The van der Waals surface area contributed by atoms with Gasteiger partial charge in [0.2, 0.25) is 0 Å². The maximum atomic E-state index is 12.7. The monoisotopic (exact) mass is 914 g/mol. The van der Waals surface area contributed by atoms with Crippen molar-refractivity contribution >= 4 is 19.8 Å². The number of unbranched alkanes of at least 4 members (excludes halogenated alkanes) is 14. The normalized spacial score (nSPS) is 14.3. The van der Waals surface area contributed by atoms with Gasteiger partial charge in [-0.05, 0) is 96.3 Å². The number of quaternary nitrogens is 1. The van der Waals surface area contributed by atoms with Gasteiger partial charge in [-0.3, -0.25) is 14.2 Å². The lowest BCUT2D eigenvalue weighted by Gasteiger charge is -2.28. The van der Waals surface area contributed by atoms with Gasteiger partial charge in [0, 0.05) is 12.8 Å². The summed E-state index contributed by atoms with van der Waals surface area (Å²) in [7, 11) is 1.12. The predicted molar refractivity (Wildman–Crippen MR) is 268 cm³/mol. The number of carbonyl (C=O) groups is 2. The number of hydrogen-bond donors (Lipinski definition) is 0. The molecule has 0 heterocycles. The number of carbonyl (C=O) groups excluding carboxylic acids is 2. The fourth-order valence-corrected chi connectivity index (χ4v) is 6.94. The lowest BCUT2D eigenvalue weighted by atomic mass is 10.1. The molecule has 0 aromatic heterocycles. The molecule has 366 valence electrons. The zero-order chi connectivity index (χ0) is 47.1. The molecule has 2 unspecified atom stereocenters. The molecule has 0 bridgehead atoms. The largest absolute Gasteiger partial charge is 0.756 e. The van der Waals surface area contributed by atoms with Gasteiger partial charge in [-0.25, -0.2) is 0 Å². The van der Waals surface area contributed by atoms with Crippen molar-refractivity contribution in [2.75, 3.05) is 47.5 Å². The van der Waals surface area contributed by atoms with Crippen LogP contribution in [0.4, 0.5) is 0 Å². The van der Waals surface area contributed by atoms with E-state index in [2.05, 4.69) is 111 Å². The molecule has 0 radical (unpaired) electrons. The first kappa shape index (κ1) is 60.9. The molecule has 2 atom stereocenters. The van der Waals surface area contributed by atoms with E-state index in [9.17, 15) is 19.0 Å². The fourth-order valence-electron chi connectivity index (χ4n) is 6.22. The van der Waals surface area contributed by atoms with Crippen molar-refractivity contribution in [3.8, 4) is 0 Å². The molecule has 0 saturated heterocycles. The second kappa shape index (κ2) is 45.1. The van der Waals surface area contributed by atoms with Crippen LogP contribution in [-0.2, 0) is 32.7 Å². The Kier molecular flexibility index (Phi) is 42.9. The highest BCUT2D eigenvalue weighted by Gasteiger charge is 2.21. The van der Waals surface area contributed by atoms with Crippen LogP contribution in [0.25, 0.3) is 0 Å². The van der Waals surface area contributed by atoms with Crippen molar-refractivity contribution in [1.29, 1.82) is 0 Å². The van der Waals surface area contributed by atoms with E-state index in [1.165, 1.54) is 38.5 Å². The third kappa shape index (κ3) is 48.4. The van der Waals surface area contributed by atoms with Gasteiger partial charge in [0.05, 0.1) is 27.7 Å². The molecule has 9 nitrogen and oxygen atoms in total. The standard InChI is InChI=1S/C54H92NO8P/c1-6-8-10-12-14-16-18-20-22-24-26-27-29-30-32-34-36-38-40-42-44-46-53(56)60-50-52(51-62-64(58,59)61-49-48-55(3,4)5)63-54(57)47-45-43-41-39-37-35-33-31-28-25-23-21-19-17-15-13-11-9-7-2/h9,11,15,17-18,20-21,23-24,26,28-31,35,37,52H,6-8,10,12-14,16,19,22,25,27,32-34,36,38-51H2,1-5H3/b11-9-,17-15-,20-18-,23-21-,26-24-,30-29-,31-28-,37-35-. The number of rotatable bonds is 44. The predicted octanol–water partition coefficient (Wildman–Crippen LogP) is 14.3. The van der Waals surface area contributed by atoms with E-state index < -0.39 is 32.5 Å². The van der Waals surface area contributed by atoms with Crippen LogP contribution in [0.5, 0.6) is 0 Å². The Morgan fingerprint density at radius 1 is 0.500 bits per heavy atom. The smallest absolute Gasteiger partial charge is 0.306 e. The minimum Gasteiger partial charge on any atom is -0.756 e. The Labute approximate surface area is 392 Å². The molecule has 0 aliphatic heterocycles. The molecule has 0 amide bonds. The van der Waals surface area contributed by atoms with Gasteiger partial charge >= 0.3 is 11.9 Å². The van der Waals surface area contributed by atoms with Crippen LogP contribution in [0, 0.1) is 0 Å². The number of esters is 2. The molecule has 0 aromatic carbocycles. The maximum Gasteiger partial charge on any atom is 0.306 e. The molecule has 64 heavy (non-hydrogen) atoms. The van der Waals surface area contributed by atoms with Crippen LogP contribution < -0.4 is 4.89 Å². The van der Waals surface area contributed by atoms with Crippen molar-refractivity contribution in [3.05, 3.63) is 97.2 Å². The average Bonchev–Trinajstić information content (AvgIpc) is 3.25. The molecule has 0 aliphatic rings. The highest BCUT2D eigenvalue weighted by molar-refractivity contribution is 7.45. The summed E-state index contributed by atoms with van der Waals surface area (Å²) in [6.07, 6.45) is 60.1. The Hall–Kier alpha value is -3.07. The van der Waals surface area contributed by atoms with E-state index in [0.717, 1.165) is 103 Å². The number of nitrogens with zero attached hydrogens (tertiary/aromatic N) is 1. The third-order valence-electron chi connectivity index (χ3n) is 10.1. The maximum absolute atomic E-state index is 12.7. The summed E-state index contributed by atoms with van der Waals surface area (Å²) >= 11 is 0. The first-order chi connectivity index (χ1) is 31.0. The Bertz CT molecular complexity index is 1400. The first-order valence-corrected chi connectivity index (χ1v) is 26.4. The number of phosphoric ester groups is 1. The molecule has 0 rings (SSSR count). The highest BCUT2D eigenvalue weighted by Crippen LogP contribution is 2.38. The van der Waals surface area contributed by atoms with Gasteiger partial charge in [-0.15, -0.1) is 0 Å². The van der Waals surface area contributed by atoms with E-state index in [1.807, 2.05) is 21.1 Å². The van der Waals surface area contributed by atoms with Crippen LogP contribution in [0.15, 0.2) is 97.2 Å². The van der Waals surface area contributed by atoms with Crippen LogP contribution in [-0.4, -0.2) is 70.0 Å². The topological polar surface area (TPSA) is 111 Å². The summed E-state index contributed by atoms with van der Waals surface area (Å²) in [6.45, 7) is 4.03. The van der Waals surface area contributed by atoms with Gasteiger partial charge in [-0.1, -0.05) is 169 Å². The number of hydrogen-bond acceptors (Lipinski definition) is 8. The van der Waals surface area contributed by atoms with E-state index >= 15 is 0 Å². The van der Waals surface area contributed by atoms with Gasteiger partial charge in [-0.2, -0.15) is 0 Å². The molecule has 0 spiro atoms. The Morgan fingerprint density at radius 2 is 0.891 bits per heavy atom. The molecule has 10 heteroatoms. The Balaban J connectivity index is 4.39. The summed E-state index contributed by atoms with van der Waals surface area (Å²) in [4.78, 5) is 37.7.